The van der Waals surface area contributed by atoms with Crippen LogP contribution in [-0.2, 0) is 9.36 Å². The Morgan fingerprint density at radius 3 is 2.27 bits per heavy atom. The summed E-state index contributed by atoms with van der Waals surface area (Å²) in [6.07, 6.45) is 0. The second-order valence-electron chi connectivity index (χ2n) is 2.96. The van der Waals surface area contributed by atoms with Gasteiger partial charge < -0.3 is 0 Å². The van der Waals surface area contributed by atoms with Crippen molar-refractivity contribution < 1.29 is 9.36 Å². The largest absolute Gasteiger partial charge is 0.286 e. The lowest BCUT2D eigenvalue weighted by Crippen LogP contribution is -2.23. The number of hydrogen-bond donors (Lipinski definition) is 0. The van der Waals surface area contributed by atoms with E-state index in [2.05, 4.69) is 0 Å². The van der Waals surface area contributed by atoms with Crippen LogP contribution in [0.1, 0.15) is 13.8 Å². The van der Waals surface area contributed by atoms with Gasteiger partial charge in [0.05, 0.1) is 6.54 Å². The first-order valence-electron chi connectivity index (χ1n) is 3.61. The van der Waals surface area contributed by atoms with Crippen LogP contribution in [0.4, 0.5) is 0 Å². The highest BCUT2D eigenvalue weighted by molar-refractivity contribution is 7.41. The lowest BCUT2D eigenvalue weighted by atomic mass is 10.4. The molecule has 11 heavy (non-hydrogen) atoms. The van der Waals surface area contributed by atoms with E-state index >= 15 is 0 Å². The van der Waals surface area contributed by atoms with Gasteiger partial charge in [-0.2, -0.15) is 0 Å². The minimum atomic E-state index is -1.95. The van der Waals surface area contributed by atoms with Gasteiger partial charge in [0.2, 0.25) is 14.0 Å². The van der Waals surface area contributed by atoms with E-state index in [1.165, 1.54) is 4.67 Å². The summed E-state index contributed by atoms with van der Waals surface area (Å²) in [6.45, 7) is 4.19. The molecule has 1 amide bonds. The van der Waals surface area contributed by atoms with Crippen LogP contribution in [0.15, 0.2) is 0 Å². The SMILES string of the molecule is CC(C)N1CC(=O)N(C)[PH]1=O. The van der Waals surface area contributed by atoms with Crippen LogP contribution in [0, 0.1) is 0 Å². The van der Waals surface area contributed by atoms with E-state index in [0.29, 0.717) is 6.54 Å². The lowest BCUT2D eigenvalue weighted by Gasteiger charge is -2.17. The Kier molecular flexibility index (Phi) is 2.35. The van der Waals surface area contributed by atoms with Gasteiger partial charge in [0.25, 0.3) is 0 Å². The maximum absolute atomic E-state index is 11.4. The van der Waals surface area contributed by atoms with E-state index in [9.17, 15) is 9.36 Å². The van der Waals surface area contributed by atoms with Crippen molar-refractivity contribution in [2.75, 3.05) is 13.6 Å². The Morgan fingerprint density at radius 2 is 2.09 bits per heavy atom. The summed E-state index contributed by atoms with van der Waals surface area (Å²) in [5.74, 6) is -0.0393. The summed E-state index contributed by atoms with van der Waals surface area (Å²) in [5, 5.41) is 0. The number of hydrogen-bond acceptors (Lipinski definition) is 2. The predicted molar refractivity (Wildman–Crippen MR) is 43.6 cm³/mol. The van der Waals surface area contributed by atoms with Gasteiger partial charge >= 0.3 is 0 Å². The number of likely N-dealkylation sites (N-methyl/N-ethyl adjacent to an activating group) is 1. The first kappa shape index (κ1) is 8.75. The van der Waals surface area contributed by atoms with Crippen LogP contribution in [0.25, 0.3) is 0 Å². The summed E-state index contributed by atoms with van der Waals surface area (Å²) in [5.41, 5.74) is 0. The molecule has 1 heterocycles. The van der Waals surface area contributed by atoms with Crippen molar-refractivity contribution in [1.29, 1.82) is 0 Å². The van der Waals surface area contributed by atoms with E-state index < -0.39 is 8.10 Å². The zero-order valence-corrected chi connectivity index (χ0v) is 8.00. The van der Waals surface area contributed by atoms with Gasteiger partial charge in [-0.3, -0.25) is 14.0 Å². The van der Waals surface area contributed by atoms with Crippen molar-refractivity contribution in [3.63, 3.8) is 0 Å². The third kappa shape index (κ3) is 1.47. The molecule has 1 aliphatic rings. The Hall–Kier alpha value is -0.340. The molecule has 1 rings (SSSR count). The third-order valence-electron chi connectivity index (χ3n) is 1.84. The Balaban J connectivity index is 2.75. The molecular formula is C6H13N2O2P. The average Bonchev–Trinajstić information content (AvgIpc) is 2.17. The van der Waals surface area contributed by atoms with Crippen molar-refractivity contribution >= 4 is 14.0 Å². The van der Waals surface area contributed by atoms with Crippen LogP contribution >= 0.6 is 8.10 Å². The fourth-order valence-electron chi connectivity index (χ4n) is 1.02. The van der Waals surface area contributed by atoms with Crippen LogP contribution < -0.4 is 0 Å². The molecule has 0 aromatic rings. The fourth-order valence-corrected chi connectivity index (χ4v) is 2.40. The van der Waals surface area contributed by atoms with Crippen molar-refractivity contribution in [2.45, 2.75) is 19.9 Å². The lowest BCUT2D eigenvalue weighted by molar-refractivity contribution is -0.124. The van der Waals surface area contributed by atoms with Crippen molar-refractivity contribution in [3.8, 4) is 0 Å². The molecule has 1 atom stereocenters. The highest BCUT2D eigenvalue weighted by atomic mass is 31.1. The van der Waals surface area contributed by atoms with Crippen LogP contribution in [0.3, 0.4) is 0 Å². The molecule has 0 aliphatic carbocycles. The molecule has 0 aromatic heterocycles. The molecule has 1 unspecified atom stereocenters. The zero-order chi connectivity index (χ0) is 8.59. The third-order valence-corrected chi connectivity index (χ3v) is 3.82. The first-order chi connectivity index (χ1) is 5.04. The molecule has 0 radical (unpaired) electrons. The van der Waals surface area contributed by atoms with Gasteiger partial charge in [-0.25, -0.2) is 4.67 Å². The molecule has 1 saturated heterocycles. The molecule has 0 bridgehead atoms. The molecular weight excluding hydrogens is 163 g/mol. The Labute approximate surface area is 67.1 Å². The number of amides is 1. The highest BCUT2D eigenvalue weighted by Crippen LogP contribution is 2.37. The molecule has 0 aromatic carbocycles. The minimum absolute atomic E-state index is 0.0393. The number of nitrogens with zero attached hydrogens (tertiary/aromatic N) is 2. The molecule has 0 N–H and O–H groups in total. The zero-order valence-electron chi connectivity index (χ0n) is 7.00. The maximum Gasteiger partial charge on any atom is 0.243 e. The summed E-state index contributed by atoms with van der Waals surface area (Å²) in [7, 11) is -0.365. The molecule has 0 saturated carbocycles. The van der Waals surface area contributed by atoms with E-state index in [-0.39, 0.29) is 11.9 Å². The predicted octanol–water partition coefficient (Wildman–Crippen LogP) is 0.558. The molecule has 0 spiro atoms. The highest BCUT2D eigenvalue weighted by Gasteiger charge is 2.32. The standard InChI is InChI=1S/C6H13N2O2P/c1-5(2)8-4-6(9)7(3)11(8)10/h5,11H,4H2,1-3H3. The van der Waals surface area contributed by atoms with Crippen LogP contribution in [0.2, 0.25) is 0 Å². The normalized spacial score (nSPS) is 27.1. The van der Waals surface area contributed by atoms with E-state index in [1.807, 2.05) is 13.8 Å². The van der Waals surface area contributed by atoms with Gasteiger partial charge in [0, 0.05) is 13.1 Å². The molecule has 4 nitrogen and oxygen atoms in total. The fraction of sp³-hybridized carbons (Fsp3) is 0.833. The second kappa shape index (κ2) is 2.95. The smallest absolute Gasteiger partial charge is 0.243 e. The summed E-state index contributed by atoms with van der Waals surface area (Å²) in [4.78, 5) is 11.0. The minimum Gasteiger partial charge on any atom is -0.286 e. The topological polar surface area (TPSA) is 40.6 Å². The van der Waals surface area contributed by atoms with Gasteiger partial charge in [-0.05, 0) is 13.8 Å². The second-order valence-corrected chi connectivity index (χ2v) is 4.77. The maximum atomic E-state index is 11.4. The van der Waals surface area contributed by atoms with E-state index in [4.69, 9.17) is 0 Å². The quantitative estimate of drug-likeness (QED) is 0.548. The summed E-state index contributed by atoms with van der Waals surface area (Å²) < 4.78 is 14.4. The average molecular weight is 176 g/mol. The Morgan fingerprint density at radius 1 is 1.55 bits per heavy atom. The van der Waals surface area contributed by atoms with Gasteiger partial charge in [-0.15, -0.1) is 0 Å². The number of rotatable bonds is 1. The summed E-state index contributed by atoms with van der Waals surface area (Å²) in [6, 6.07) is 0.190. The monoisotopic (exact) mass is 176 g/mol. The van der Waals surface area contributed by atoms with E-state index in [1.54, 1.807) is 11.7 Å². The number of carbonyl (C=O) groups excluding carboxylic acids is 1. The first-order valence-corrected chi connectivity index (χ1v) is 4.91. The Bertz CT molecular complexity index is 205. The van der Waals surface area contributed by atoms with Crippen LogP contribution in [-0.4, -0.2) is 34.9 Å². The van der Waals surface area contributed by atoms with Gasteiger partial charge in [0.1, 0.15) is 0 Å². The van der Waals surface area contributed by atoms with Crippen molar-refractivity contribution in [1.82, 2.24) is 9.34 Å². The van der Waals surface area contributed by atoms with Crippen molar-refractivity contribution in [3.05, 3.63) is 0 Å². The van der Waals surface area contributed by atoms with Gasteiger partial charge in [-0.1, -0.05) is 0 Å². The molecule has 5 heteroatoms. The van der Waals surface area contributed by atoms with Gasteiger partial charge in [0.15, 0.2) is 0 Å². The van der Waals surface area contributed by atoms with E-state index in [0.717, 1.165) is 0 Å². The molecule has 64 valence electrons. The summed E-state index contributed by atoms with van der Waals surface area (Å²) >= 11 is 0. The number of carbonyl (C=O) groups is 1. The van der Waals surface area contributed by atoms with Crippen LogP contribution in [0.5, 0.6) is 0 Å². The molecule has 1 fully saturated rings. The molecule has 1 aliphatic heterocycles. The van der Waals surface area contributed by atoms with Crippen molar-refractivity contribution in [2.24, 2.45) is 0 Å².